The van der Waals surface area contributed by atoms with Gasteiger partial charge in [-0.2, -0.15) is 0 Å². The lowest BCUT2D eigenvalue weighted by molar-refractivity contribution is 0.615. The van der Waals surface area contributed by atoms with Crippen molar-refractivity contribution < 1.29 is 8.83 Å². The first-order valence-corrected chi connectivity index (χ1v) is 14.3. The minimum absolute atomic E-state index is 0.839. The lowest BCUT2D eigenvalue weighted by Gasteiger charge is -2.18. The van der Waals surface area contributed by atoms with E-state index in [1.165, 1.54) is 54.9 Å². The number of furan rings is 2. The van der Waals surface area contributed by atoms with Crippen LogP contribution in [0.4, 0.5) is 0 Å². The molecule has 0 atom stereocenters. The summed E-state index contributed by atoms with van der Waals surface area (Å²) in [5.41, 5.74) is 9.93. The summed E-state index contributed by atoms with van der Waals surface area (Å²) in [7, 11) is 0. The molecule has 2 heteroatoms. The summed E-state index contributed by atoms with van der Waals surface area (Å²) in [6.45, 7) is 0. The molecule has 0 bridgehead atoms. The molecular weight excluding hydrogens is 512 g/mol. The monoisotopic (exact) mass is 536 g/mol. The Hall–Kier alpha value is -5.60. The van der Waals surface area contributed by atoms with Crippen LogP contribution in [-0.2, 0) is 0 Å². The van der Waals surface area contributed by atoms with Gasteiger partial charge in [-0.1, -0.05) is 103 Å². The molecule has 0 saturated carbocycles. The lowest BCUT2D eigenvalue weighted by atomic mass is 9.85. The molecule has 196 valence electrons. The normalized spacial score (nSPS) is 11.8. The van der Waals surface area contributed by atoms with Gasteiger partial charge < -0.3 is 8.83 Å². The summed E-state index contributed by atoms with van der Waals surface area (Å²) < 4.78 is 12.0. The topological polar surface area (TPSA) is 26.3 Å². The van der Waals surface area contributed by atoms with Crippen LogP contribution in [0.1, 0.15) is 0 Å². The smallest absolute Gasteiger partial charge is 0.146 e. The van der Waals surface area contributed by atoms with Gasteiger partial charge in [0.2, 0.25) is 0 Å². The molecule has 9 aromatic rings. The summed E-state index contributed by atoms with van der Waals surface area (Å²) in [6, 6.07) is 49.9. The Morgan fingerprint density at radius 2 is 0.929 bits per heavy atom. The van der Waals surface area contributed by atoms with Crippen molar-refractivity contribution in [2.75, 3.05) is 0 Å². The first kappa shape index (κ1) is 23.1. The Morgan fingerprint density at radius 3 is 1.64 bits per heavy atom. The minimum atomic E-state index is 0.839. The summed E-state index contributed by atoms with van der Waals surface area (Å²) in [4.78, 5) is 0. The predicted octanol–water partition coefficient (Wildman–Crippen LogP) is 11.6. The van der Waals surface area contributed by atoms with Crippen molar-refractivity contribution in [1.82, 2.24) is 0 Å². The van der Waals surface area contributed by atoms with E-state index in [0.29, 0.717) is 0 Å². The SMILES string of the molecule is c1ccc(-c2cccc(-c3c4ccccc4c(-c4ccc5oc6c7ccoc7ccc6c5c4)c4ccccc34)c2)cc1. The third kappa shape index (κ3) is 3.39. The second-order valence-corrected chi connectivity index (χ2v) is 10.9. The number of fused-ring (bicyclic) bond motifs is 7. The molecule has 42 heavy (non-hydrogen) atoms. The number of benzene rings is 7. The minimum Gasteiger partial charge on any atom is -0.464 e. The van der Waals surface area contributed by atoms with E-state index in [2.05, 4.69) is 127 Å². The van der Waals surface area contributed by atoms with Crippen LogP contribution in [0, 0.1) is 0 Å². The van der Waals surface area contributed by atoms with Gasteiger partial charge in [0, 0.05) is 10.8 Å². The van der Waals surface area contributed by atoms with Crippen LogP contribution in [0.2, 0.25) is 0 Å². The Bertz CT molecular complexity index is 2400. The molecule has 2 aromatic heterocycles. The first-order chi connectivity index (χ1) is 20.8. The molecular formula is C40H24O2. The van der Waals surface area contributed by atoms with E-state index in [-0.39, 0.29) is 0 Å². The molecule has 0 N–H and O–H groups in total. The molecule has 0 radical (unpaired) electrons. The van der Waals surface area contributed by atoms with E-state index in [1.54, 1.807) is 6.26 Å². The van der Waals surface area contributed by atoms with Crippen LogP contribution in [0.15, 0.2) is 155 Å². The largest absolute Gasteiger partial charge is 0.464 e. The third-order valence-corrected chi connectivity index (χ3v) is 8.55. The van der Waals surface area contributed by atoms with Crippen molar-refractivity contribution in [1.29, 1.82) is 0 Å². The van der Waals surface area contributed by atoms with Crippen LogP contribution in [0.3, 0.4) is 0 Å². The van der Waals surface area contributed by atoms with Crippen molar-refractivity contribution in [3.63, 3.8) is 0 Å². The highest BCUT2D eigenvalue weighted by molar-refractivity contribution is 6.22. The van der Waals surface area contributed by atoms with Crippen molar-refractivity contribution in [2.45, 2.75) is 0 Å². The third-order valence-electron chi connectivity index (χ3n) is 8.55. The maximum atomic E-state index is 6.35. The van der Waals surface area contributed by atoms with Crippen LogP contribution in [0.25, 0.3) is 87.8 Å². The van der Waals surface area contributed by atoms with Crippen LogP contribution in [-0.4, -0.2) is 0 Å². The van der Waals surface area contributed by atoms with Gasteiger partial charge in [0.15, 0.2) is 0 Å². The maximum Gasteiger partial charge on any atom is 0.146 e. The molecule has 0 fully saturated rings. The second-order valence-electron chi connectivity index (χ2n) is 10.9. The number of hydrogen-bond acceptors (Lipinski definition) is 2. The fourth-order valence-corrected chi connectivity index (χ4v) is 6.67. The molecule has 2 nitrogen and oxygen atoms in total. The molecule has 9 rings (SSSR count). The molecule has 0 aliphatic rings. The highest BCUT2D eigenvalue weighted by atomic mass is 16.3. The Kier molecular flexibility index (Phi) is 4.93. The van der Waals surface area contributed by atoms with Gasteiger partial charge in [-0.05, 0) is 91.3 Å². The molecule has 2 heterocycles. The van der Waals surface area contributed by atoms with E-state index < -0.39 is 0 Å². The zero-order valence-corrected chi connectivity index (χ0v) is 22.7. The molecule has 0 unspecified atom stereocenters. The lowest BCUT2D eigenvalue weighted by Crippen LogP contribution is -1.91. The number of rotatable bonds is 3. The van der Waals surface area contributed by atoms with Gasteiger partial charge >= 0.3 is 0 Å². The average Bonchev–Trinajstić information content (AvgIpc) is 3.68. The van der Waals surface area contributed by atoms with E-state index in [9.17, 15) is 0 Å². The quantitative estimate of drug-likeness (QED) is 0.210. The molecule has 0 saturated heterocycles. The van der Waals surface area contributed by atoms with E-state index in [4.69, 9.17) is 8.83 Å². The molecule has 0 aliphatic heterocycles. The summed E-state index contributed by atoms with van der Waals surface area (Å²) >= 11 is 0. The van der Waals surface area contributed by atoms with Gasteiger partial charge in [0.25, 0.3) is 0 Å². The van der Waals surface area contributed by atoms with Gasteiger partial charge in [0.05, 0.1) is 11.6 Å². The van der Waals surface area contributed by atoms with Gasteiger partial charge in [-0.25, -0.2) is 0 Å². The van der Waals surface area contributed by atoms with Gasteiger partial charge in [-0.3, -0.25) is 0 Å². The Balaban J connectivity index is 1.33. The zero-order chi connectivity index (χ0) is 27.6. The predicted molar refractivity (Wildman–Crippen MR) is 175 cm³/mol. The Labute approximate surface area is 242 Å². The van der Waals surface area contributed by atoms with E-state index in [1.807, 2.05) is 12.1 Å². The summed E-state index contributed by atoms with van der Waals surface area (Å²) in [5.74, 6) is 0. The van der Waals surface area contributed by atoms with Crippen LogP contribution >= 0.6 is 0 Å². The standard InChI is InChI=1S/C40H24O2/c1-2-9-25(10-3-1)26-11-8-12-27(23-26)38-29-13-4-6-15-31(29)39(32-16-7-5-14-30(32)38)28-17-19-37-35(24-28)33-18-20-36-34(21-22-41-36)40(33)42-37/h1-24H. The summed E-state index contributed by atoms with van der Waals surface area (Å²) in [5, 5.41) is 8.18. The van der Waals surface area contributed by atoms with Crippen molar-refractivity contribution in [3.05, 3.63) is 146 Å². The van der Waals surface area contributed by atoms with Crippen LogP contribution in [0.5, 0.6) is 0 Å². The van der Waals surface area contributed by atoms with Gasteiger partial charge in [0.1, 0.15) is 16.7 Å². The van der Waals surface area contributed by atoms with Crippen molar-refractivity contribution in [2.24, 2.45) is 0 Å². The molecule has 7 aromatic carbocycles. The molecule has 0 spiro atoms. The molecule has 0 amide bonds. The maximum absolute atomic E-state index is 6.35. The van der Waals surface area contributed by atoms with E-state index in [0.717, 1.165) is 32.9 Å². The zero-order valence-electron chi connectivity index (χ0n) is 22.7. The fourth-order valence-electron chi connectivity index (χ4n) is 6.67. The fraction of sp³-hybridized carbons (Fsp3) is 0. The second kappa shape index (κ2) is 8.95. The Morgan fingerprint density at radius 1 is 0.333 bits per heavy atom. The first-order valence-electron chi connectivity index (χ1n) is 14.3. The van der Waals surface area contributed by atoms with Crippen molar-refractivity contribution >= 4 is 54.5 Å². The molecule has 0 aliphatic carbocycles. The number of hydrogen-bond donors (Lipinski definition) is 0. The van der Waals surface area contributed by atoms with E-state index >= 15 is 0 Å². The highest BCUT2D eigenvalue weighted by Gasteiger charge is 2.18. The summed E-state index contributed by atoms with van der Waals surface area (Å²) in [6.07, 6.45) is 1.72. The average molecular weight is 537 g/mol. The van der Waals surface area contributed by atoms with Crippen molar-refractivity contribution in [3.8, 4) is 33.4 Å². The van der Waals surface area contributed by atoms with Crippen LogP contribution < -0.4 is 0 Å². The highest BCUT2D eigenvalue weighted by Crippen LogP contribution is 2.45. The van der Waals surface area contributed by atoms with Gasteiger partial charge in [-0.15, -0.1) is 0 Å².